The largest absolute Gasteiger partial charge is 0.328 e. The molecule has 0 unspecified atom stereocenters. The first-order chi connectivity index (χ1) is 8.76. The Morgan fingerprint density at radius 2 is 2.06 bits per heavy atom. The predicted molar refractivity (Wildman–Crippen MR) is 76.1 cm³/mol. The minimum atomic E-state index is 0.645. The molecule has 90 valence electrons. The van der Waals surface area contributed by atoms with Crippen molar-refractivity contribution in [1.29, 1.82) is 5.26 Å². The Kier molecular flexibility index (Phi) is 3.96. The summed E-state index contributed by atoms with van der Waals surface area (Å²) in [5.41, 5.74) is 2.63. The molecule has 0 radical (unpaired) electrons. The fraction of sp³-hybridized carbons (Fsp3) is 0.143. The number of para-hydroxylation sites is 1. The van der Waals surface area contributed by atoms with Gasteiger partial charge in [0, 0.05) is 18.6 Å². The molecule has 1 aromatic carbocycles. The Morgan fingerprint density at radius 3 is 2.67 bits per heavy atom. The van der Waals surface area contributed by atoms with E-state index in [1.807, 2.05) is 48.5 Å². The van der Waals surface area contributed by atoms with Crippen LogP contribution in [0, 0.1) is 11.3 Å². The van der Waals surface area contributed by atoms with Crippen molar-refractivity contribution in [3.8, 4) is 6.07 Å². The number of rotatable bonds is 3. The number of halogens is 1. The molecule has 1 heterocycles. The summed E-state index contributed by atoms with van der Waals surface area (Å²) in [7, 11) is 1.91. The van der Waals surface area contributed by atoms with Crippen molar-refractivity contribution in [2.24, 2.45) is 0 Å². The smallest absolute Gasteiger partial charge is 0.132 e. The summed E-state index contributed by atoms with van der Waals surface area (Å²) in [5.74, 6) is 0.822. The van der Waals surface area contributed by atoms with Gasteiger partial charge in [0.1, 0.15) is 11.9 Å². The number of alkyl halides is 1. The number of nitrogens with zero attached hydrogens (tertiary/aromatic N) is 3. The van der Waals surface area contributed by atoms with Crippen LogP contribution in [0.4, 0.5) is 11.5 Å². The fourth-order valence-corrected chi connectivity index (χ4v) is 2.01. The van der Waals surface area contributed by atoms with Gasteiger partial charge in [0.25, 0.3) is 0 Å². The van der Waals surface area contributed by atoms with Crippen molar-refractivity contribution in [3.05, 3.63) is 53.7 Å². The molecule has 2 rings (SSSR count). The lowest BCUT2D eigenvalue weighted by atomic mass is 10.2. The summed E-state index contributed by atoms with van der Waals surface area (Å²) in [4.78, 5) is 6.30. The molecule has 0 amide bonds. The normalized spacial score (nSPS) is 9.83. The molecule has 4 heteroatoms. The summed E-state index contributed by atoms with van der Waals surface area (Å²) in [6.07, 6.45) is 1.83. The van der Waals surface area contributed by atoms with Gasteiger partial charge < -0.3 is 4.90 Å². The minimum absolute atomic E-state index is 0.645. The highest BCUT2D eigenvalue weighted by Gasteiger charge is 2.09. The van der Waals surface area contributed by atoms with E-state index in [9.17, 15) is 0 Å². The van der Waals surface area contributed by atoms with E-state index in [-0.39, 0.29) is 0 Å². The van der Waals surface area contributed by atoms with Gasteiger partial charge in [-0.2, -0.15) is 5.26 Å². The minimum Gasteiger partial charge on any atom is -0.328 e. The van der Waals surface area contributed by atoms with E-state index in [1.54, 1.807) is 6.07 Å². The molecule has 0 aliphatic rings. The number of hydrogen-bond donors (Lipinski definition) is 0. The molecule has 0 N–H and O–H groups in total. The molecular weight excluding hydrogens is 290 g/mol. The predicted octanol–water partition coefficient (Wildman–Crippen LogP) is 3.62. The third-order valence-corrected chi connectivity index (χ3v) is 3.34. The number of hydrogen-bond acceptors (Lipinski definition) is 3. The third kappa shape index (κ3) is 2.52. The molecule has 0 aliphatic heterocycles. The molecule has 0 fully saturated rings. The van der Waals surface area contributed by atoms with E-state index in [2.05, 4.69) is 27.0 Å². The van der Waals surface area contributed by atoms with Crippen molar-refractivity contribution in [2.75, 3.05) is 11.9 Å². The Labute approximate surface area is 115 Å². The van der Waals surface area contributed by atoms with Crippen LogP contribution in [0.5, 0.6) is 0 Å². The molecule has 0 saturated carbocycles. The number of nitriles is 1. The van der Waals surface area contributed by atoms with E-state index in [4.69, 9.17) is 5.26 Å². The highest BCUT2D eigenvalue weighted by atomic mass is 79.9. The van der Waals surface area contributed by atoms with Gasteiger partial charge >= 0.3 is 0 Å². The van der Waals surface area contributed by atoms with Crippen LogP contribution < -0.4 is 4.90 Å². The lowest BCUT2D eigenvalue weighted by molar-refractivity contribution is 1.11. The van der Waals surface area contributed by atoms with Gasteiger partial charge in [0.05, 0.1) is 11.3 Å². The summed E-state index contributed by atoms with van der Waals surface area (Å²) in [6.45, 7) is 0. The molecule has 0 saturated heterocycles. The van der Waals surface area contributed by atoms with Crippen LogP contribution in [0.3, 0.4) is 0 Å². The zero-order valence-electron chi connectivity index (χ0n) is 9.97. The molecule has 0 aliphatic carbocycles. The number of anilines is 2. The van der Waals surface area contributed by atoms with Crippen molar-refractivity contribution < 1.29 is 0 Å². The zero-order chi connectivity index (χ0) is 13.0. The van der Waals surface area contributed by atoms with Crippen molar-refractivity contribution in [1.82, 2.24) is 4.98 Å². The van der Waals surface area contributed by atoms with Gasteiger partial charge in [-0.05, 0) is 23.8 Å². The first-order valence-corrected chi connectivity index (χ1v) is 6.62. The number of pyridine rings is 1. The number of benzene rings is 1. The summed E-state index contributed by atoms with van der Waals surface area (Å²) >= 11 is 3.39. The van der Waals surface area contributed by atoms with E-state index in [0.717, 1.165) is 22.4 Å². The zero-order valence-corrected chi connectivity index (χ0v) is 11.6. The van der Waals surface area contributed by atoms with Crippen molar-refractivity contribution in [2.45, 2.75) is 5.33 Å². The van der Waals surface area contributed by atoms with Crippen molar-refractivity contribution >= 4 is 27.4 Å². The van der Waals surface area contributed by atoms with Gasteiger partial charge in [-0.25, -0.2) is 4.98 Å². The first kappa shape index (κ1) is 12.6. The molecule has 2 aromatic rings. The molecule has 0 bridgehead atoms. The summed E-state index contributed by atoms with van der Waals surface area (Å²) in [5, 5.41) is 9.88. The lowest BCUT2D eigenvalue weighted by Gasteiger charge is -2.19. The summed E-state index contributed by atoms with van der Waals surface area (Å²) < 4.78 is 0. The van der Waals surface area contributed by atoms with Gasteiger partial charge in [-0.15, -0.1) is 0 Å². The van der Waals surface area contributed by atoms with Crippen LogP contribution in [0.2, 0.25) is 0 Å². The highest BCUT2D eigenvalue weighted by molar-refractivity contribution is 9.08. The van der Waals surface area contributed by atoms with Crippen LogP contribution in [0.1, 0.15) is 11.1 Å². The standard InChI is InChI=1S/C14H12BrN3/c1-18(13-5-3-2-4-12(13)9-16)14-7-6-11(8-15)10-17-14/h2-7,10H,8H2,1H3. The SMILES string of the molecule is CN(c1ccc(CBr)cn1)c1ccccc1C#N. The fourth-order valence-electron chi connectivity index (χ4n) is 1.68. The van der Waals surface area contributed by atoms with Gasteiger partial charge in [-0.3, -0.25) is 0 Å². The molecule has 0 atom stereocenters. The van der Waals surface area contributed by atoms with E-state index in [0.29, 0.717) is 5.56 Å². The second-order valence-electron chi connectivity index (χ2n) is 3.85. The molecule has 18 heavy (non-hydrogen) atoms. The summed E-state index contributed by atoms with van der Waals surface area (Å²) in [6, 6.07) is 13.7. The van der Waals surface area contributed by atoms with Crippen LogP contribution in [-0.4, -0.2) is 12.0 Å². The lowest BCUT2D eigenvalue weighted by Crippen LogP contribution is -2.12. The van der Waals surface area contributed by atoms with Gasteiger partial charge in [0.15, 0.2) is 0 Å². The van der Waals surface area contributed by atoms with Crippen LogP contribution in [0.25, 0.3) is 0 Å². The second kappa shape index (κ2) is 5.65. The quantitative estimate of drug-likeness (QED) is 0.813. The number of aromatic nitrogens is 1. The topological polar surface area (TPSA) is 39.9 Å². The Bertz CT molecular complexity index is 572. The monoisotopic (exact) mass is 301 g/mol. The second-order valence-corrected chi connectivity index (χ2v) is 4.41. The Balaban J connectivity index is 2.35. The molecule has 0 spiro atoms. The Hall–Kier alpha value is -1.86. The van der Waals surface area contributed by atoms with Gasteiger partial charge in [0.2, 0.25) is 0 Å². The van der Waals surface area contributed by atoms with E-state index < -0.39 is 0 Å². The first-order valence-electron chi connectivity index (χ1n) is 5.50. The third-order valence-electron chi connectivity index (χ3n) is 2.69. The maximum absolute atomic E-state index is 9.09. The van der Waals surface area contributed by atoms with Crippen LogP contribution in [-0.2, 0) is 5.33 Å². The maximum atomic E-state index is 9.09. The van der Waals surface area contributed by atoms with Crippen molar-refractivity contribution in [3.63, 3.8) is 0 Å². The Morgan fingerprint density at radius 1 is 1.28 bits per heavy atom. The van der Waals surface area contributed by atoms with E-state index in [1.165, 1.54) is 0 Å². The molecular formula is C14H12BrN3. The van der Waals surface area contributed by atoms with Gasteiger partial charge in [-0.1, -0.05) is 34.1 Å². The maximum Gasteiger partial charge on any atom is 0.132 e. The van der Waals surface area contributed by atoms with Crippen LogP contribution in [0.15, 0.2) is 42.6 Å². The average molecular weight is 302 g/mol. The van der Waals surface area contributed by atoms with E-state index >= 15 is 0 Å². The average Bonchev–Trinajstić information content (AvgIpc) is 2.46. The molecule has 1 aromatic heterocycles. The molecule has 3 nitrogen and oxygen atoms in total. The highest BCUT2D eigenvalue weighted by Crippen LogP contribution is 2.25. The van der Waals surface area contributed by atoms with Crippen LogP contribution >= 0.6 is 15.9 Å².